The standard InChI is InChI=1S/C15H20N2O/c1-3-14(12-8-6-5-7-9-12)18-15(4-2)13-10-16-11-17-13/h5-11,14-15H,3-4H2,1-2H3,(H,16,17). The first-order valence-corrected chi connectivity index (χ1v) is 6.54. The van der Waals surface area contributed by atoms with Gasteiger partial charge >= 0.3 is 0 Å². The first-order chi connectivity index (χ1) is 8.85. The molecule has 1 aromatic carbocycles. The molecule has 2 atom stereocenters. The van der Waals surface area contributed by atoms with E-state index in [2.05, 4.69) is 48.1 Å². The second kappa shape index (κ2) is 6.36. The molecular formula is C15H20N2O. The van der Waals surface area contributed by atoms with E-state index in [1.165, 1.54) is 5.56 Å². The highest BCUT2D eigenvalue weighted by atomic mass is 16.5. The van der Waals surface area contributed by atoms with E-state index in [0.717, 1.165) is 18.5 Å². The number of benzene rings is 1. The second-order valence-corrected chi connectivity index (χ2v) is 4.33. The number of rotatable bonds is 6. The number of hydrogen-bond donors (Lipinski definition) is 1. The molecule has 2 rings (SSSR count). The van der Waals surface area contributed by atoms with Gasteiger partial charge in [-0.1, -0.05) is 44.2 Å². The van der Waals surface area contributed by atoms with E-state index in [1.807, 2.05) is 12.3 Å². The fourth-order valence-corrected chi connectivity index (χ4v) is 2.10. The Kier molecular flexibility index (Phi) is 4.53. The molecular weight excluding hydrogens is 224 g/mol. The quantitative estimate of drug-likeness (QED) is 0.833. The van der Waals surface area contributed by atoms with Crippen molar-refractivity contribution < 1.29 is 4.74 Å². The van der Waals surface area contributed by atoms with Gasteiger partial charge in [0.1, 0.15) is 6.10 Å². The highest BCUT2D eigenvalue weighted by molar-refractivity contribution is 5.17. The third-order valence-electron chi connectivity index (χ3n) is 3.09. The smallest absolute Gasteiger partial charge is 0.102 e. The van der Waals surface area contributed by atoms with Crippen LogP contribution in [0.5, 0.6) is 0 Å². The number of aromatic amines is 1. The third kappa shape index (κ3) is 2.99. The summed E-state index contributed by atoms with van der Waals surface area (Å²) < 4.78 is 6.20. The molecule has 1 heterocycles. The highest BCUT2D eigenvalue weighted by Gasteiger charge is 2.18. The molecule has 0 aliphatic heterocycles. The zero-order valence-corrected chi connectivity index (χ0v) is 11.0. The van der Waals surface area contributed by atoms with Crippen LogP contribution in [0.4, 0.5) is 0 Å². The molecule has 18 heavy (non-hydrogen) atoms. The van der Waals surface area contributed by atoms with Crippen LogP contribution in [0.3, 0.4) is 0 Å². The summed E-state index contributed by atoms with van der Waals surface area (Å²) in [5.74, 6) is 0. The molecule has 3 heteroatoms. The Hall–Kier alpha value is -1.61. The zero-order chi connectivity index (χ0) is 12.8. The minimum Gasteiger partial charge on any atom is -0.364 e. The number of hydrogen-bond acceptors (Lipinski definition) is 2. The van der Waals surface area contributed by atoms with Gasteiger partial charge in [-0.2, -0.15) is 0 Å². The van der Waals surface area contributed by atoms with Crippen LogP contribution >= 0.6 is 0 Å². The summed E-state index contributed by atoms with van der Waals surface area (Å²) >= 11 is 0. The lowest BCUT2D eigenvalue weighted by atomic mass is 10.1. The van der Waals surface area contributed by atoms with Crippen LogP contribution in [-0.4, -0.2) is 9.97 Å². The number of nitrogens with one attached hydrogen (secondary N) is 1. The van der Waals surface area contributed by atoms with Crippen LogP contribution in [0.15, 0.2) is 42.9 Å². The third-order valence-corrected chi connectivity index (χ3v) is 3.09. The largest absolute Gasteiger partial charge is 0.364 e. The zero-order valence-electron chi connectivity index (χ0n) is 11.0. The summed E-state index contributed by atoms with van der Waals surface area (Å²) in [5, 5.41) is 0. The molecule has 0 aliphatic carbocycles. The van der Waals surface area contributed by atoms with E-state index in [-0.39, 0.29) is 12.2 Å². The van der Waals surface area contributed by atoms with E-state index in [9.17, 15) is 0 Å². The topological polar surface area (TPSA) is 37.9 Å². The maximum atomic E-state index is 6.20. The van der Waals surface area contributed by atoms with Crippen LogP contribution in [0.2, 0.25) is 0 Å². The van der Waals surface area contributed by atoms with Gasteiger partial charge in [0.05, 0.1) is 18.1 Å². The van der Waals surface area contributed by atoms with Crippen molar-refractivity contribution in [1.29, 1.82) is 0 Å². The van der Waals surface area contributed by atoms with Crippen LogP contribution in [-0.2, 0) is 4.74 Å². The van der Waals surface area contributed by atoms with Crippen molar-refractivity contribution in [2.24, 2.45) is 0 Å². The Balaban J connectivity index is 2.10. The van der Waals surface area contributed by atoms with Gasteiger partial charge in [-0.3, -0.25) is 0 Å². The summed E-state index contributed by atoms with van der Waals surface area (Å²) in [6.45, 7) is 4.27. The minimum atomic E-state index is 0.0569. The van der Waals surface area contributed by atoms with E-state index in [1.54, 1.807) is 6.33 Å². The van der Waals surface area contributed by atoms with Gasteiger partial charge in [0.25, 0.3) is 0 Å². The number of imidazole rings is 1. The lowest BCUT2D eigenvalue weighted by molar-refractivity contribution is -0.0211. The first kappa shape index (κ1) is 12.8. The van der Waals surface area contributed by atoms with Crippen molar-refractivity contribution in [1.82, 2.24) is 9.97 Å². The fourth-order valence-electron chi connectivity index (χ4n) is 2.10. The number of nitrogens with zero attached hydrogens (tertiary/aromatic N) is 1. The molecule has 0 saturated heterocycles. The van der Waals surface area contributed by atoms with E-state index in [4.69, 9.17) is 4.74 Å². The number of H-pyrrole nitrogens is 1. The number of ether oxygens (including phenoxy) is 1. The van der Waals surface area contributed by atoms with Crippen LogP contribution < -0.4 is 0 Å². The Labute approximate surface area is 108 Å². The van der Waals surface area contributed by atoms with Crippen LogP contribution in [0.1, 0.15) is 50.2 Å². The summed E-state index contributed by atoms with van der Waals surface area (Å²) in [4.78, 5) is 7.27. The van der Waals surface area contributed by atoms with Crippen molar-refractivity contribution >= 4 is 0 Å². The maximum Gasteiger partial charge on any atom is 0.102 e. The SMILES string of the molecule is CCC(OC(CC)c1c[nH]cn1)c1ccccc1. The van der Waals surface area contributed by atoms with Crippen molar-refractivity contribution in [3.05, 3.63) is 54.1 Å². The average Bonchev–Trinajstić information content (AvgIpc) is 2.95. The maximum absolute atomic E-state index is 6.20. The lowest BCUT2D eigenvalue weighted by Crippen LogP contribution is -2.09. The van der Waals surface area contributed by atoms with Gasteiger partial charge in [-0.05, 0) is 18.4 Å². The summed E-state index contributed by atoms with van der Waals surface area (Å²) in [6, 6.07) is 10.4. The first-order valence-electron chi connectivity index (χ1n) is 6.54. The Bertz CT molecular complexity index is 439. The molecule has 0 fully saturated rings. The molecule has 1 aromatic heterocycles. The highest BCUT2D eigenvalue weighted by Crippen LogP contribution is 2.29. The second-order valence-electron chi connectivity index (χ2n) is 4.33. The molecule has 0 radical (unpaired) electrons. The van der Waals surface area contributed by atoms with Gasteiger partial charge in [-0.15, -0.1) is 0 Å². The van der Waals surface area contributed by atoms with E-state index in [0.29, 0.717) is 0 Å². The molecule has 0 bridgehead atoms. The van der Waals surface area contributed by atoms with Crippen molar-refractivity contribution in [3.63, 3.8) is 0 Å². The molecule has 0 aliphatic rings. The molecule has 0 spiro atoms. The van der Waals surface area contributed by atoms with Crippen LogP contribution in [0.25, 0.3) is 0 Å². The van der Waals surface area contributed by atoms with Gasteiger partial charge in [0, 0.05) is 6.20 Å². The van der Waals surface area contributed by atoms with Gasteiger partial charge in [-0.25, -0.2) is 4.98 Å². The Morgan fingerprint density at radius 3 is 2.39 bits per heavy atom. The van der Waals surface area contributed by atoms with Crippen LogP contribution in [0, 0.1) is 0 Å². The average molecular weight is 244 g/mol. The van der Waals surface area contributed by atoms with Crippen molar-refractivity contribution in [2.45, 2.75) is 38.9 Å². The van der Waals surface area contributed by atoms with E-state index >= 15 is 0 Å². The Morgan fingerprint density at radius 1 is 1.11 bits per heavy atom. The fraction of sp³-hybridized carbons (Fsp3) is 0.400. The minimum absolute atomic E-state index is 0.0569. The molecule has 0 amide bonds. The predicted molar refractivity (Wildman–Crippen MR) is 72.2 cm³/mol. The van der Waals surface area contributed by atoms with Crippen molar-refractivity contribution in [2.75, 3.05) is 0 Å². The molecule has 0 saturated carbocycles. The summed E-state index contributed by atoms with van der Waals surface area (Å²) in [7, 11) is 0. The normalized spacial score (nSPS) is 14.3. The molecule has 3 nitrogen and oxygen atoms in total. The predicted octanol–water partition coefficient (Wildman–Crippen LogP) is 4.03. The van der Waals surface area contributed by atoms with Crippen molar-refractivity contribution in [3.8, 4) is 0 Å². The molecule has 2 unspecified atom stereocenters. The monoisotopic (exact) mass is 244 g/mol. The van der Waals surface area contributed by atoms with Gasteiger partial charge in [0.2, 0.25) is 0 Å². The summed E-state index contributed by atoms with van der Waals surface area (Å²) in [5.41, 5.74) is 2.21. The van der Waals surface area contributed by atoms with Gasteiger partial charge in [0.15, 0.2) is 0 Å². The molecule has 96 valence electrons. The Morgan fingerprint density at radius 2 is 1.83 bits per heavy atom. The lowest BCUT2D eigenvalue weighted by Gasteiger charge is -2.22. The number of aromatic nitrogens is 2. The molecule has 1 N–H and O–H groups in total. The van der Waals surface area contributed by atoms with Gasteiger partial charge < -0.3 is 9.72 Å². The van der Waals surface area contributed by atoms with E-state index < -0.39 is 0 Å². The summed E-state index contributed by atoms with van der Waals surface area (Å²) in [6.07, 6.45) is 5.68. The molecule has 2 aromatic rings.